The van der Waals surface area contributed by atoms with Gasteiger partial charge in [-0.05, 0) is 103 Å². The molecule has 0 aliphatic rings. The molecule has 0 aromatic heterocycles. The van der Waals surface area contributed by atoms with Crippen LogP contribution >= 0.6 is 31.2 Å². The number of carbonyl (C=O) groups is 2. The number of alkyl carbamates (subject to hydrolysis) is 1. The Balaban J connectivity index is 2.30. The first-order valence-electron chi connectivity index (χ1n) is 14.3. The number of phosphoric acid groups is 1. The Morgan fingerprint density at radius 3 is 2.20 bits per heavy atom. The standard InChI is InChI=1S/C32H45ClNO9PS/c1-11-17-32(21-40-44(37,38-9)39-10,34-28(35)42-30(3,4)5)18-16-23-13-14-24(20-25(23)33)45-27-19-22(2)12-15-26(27)41-29(36)43-31(6,7)8/h11-15,19-20H,1,16-18,21H2,2-10H3,(H,34,35)/t32-/m0/s1. The third kappa shape index (κ3) is 13.4. The number of aryl methyl sites for hydroxylation is 2. The monoisotopic (exact) mass is 685 g/mol. The van der Waals surface area contributed by atoms with Gasteiger partial charge < -0.3 is 19.5 Å². The second-order valence-corrected chi connectivity index (χ2v) is 15.8. The third-order valence-electron chi connectivity index (χ3n) is 6.05. The van der Waals surface area contributed by atoms with Crippen LogP contribution in [-0.2, 0) is 34.0 Å². The number of hydrogen-bond acceptors (Lipinski definition) is 10. The number of rotatable bonds is 14. The van der Waals surface area contributed by atoms with Crippen molar-refractivity contribution in [1.82, 2.24) is 5.32 Å². The van der Waals surface area contributed by atoms with Gasteiger partial charge in [0.2, 0.25) is 0 Å². The summed E-state index contributed by atoms with van der Waals surface area (Å²) in [7, 11) is -1.43. The second-order valence-electron chi connectivity index (χ2n) is 12.4. The molecular formula is C32H45ClNO9PS. The molecule has 0 saturated heterocycles. The zero-order chi connectivity index (χ0) is 34.1. The summed E-state index contributed by atoms with van der Waals surface area (Å²) >= 11 is 8.14. The normalized spacial score (nSPS) is 13.5. The smallest absolute Gasteiger partial charge is 0.444 e. The molecule has 0 spiro atoms. The largest absolute Gasteiger partial charge is 0.514 e. The van der Waals surface area contributed by atoms with Crippen LogP contribution in [-0.4, -0.2) is 49.8 Å². The molecule has 0 bridgehead atoms. The summed E-state index contributed by atoms with van der Waals surface area (Å²) in [6.07, 6.45) is 1.17. The van der Waals surface area contributed by atoms with Gasteiger partial charge in [0.25, 0.3) is 0 Å². The van der Waals surface area contributed by atoms with Gasteiger partial charge in [-0.2, -0.15) is 0 Å². The molecule has 0 heterocycles. The number of nitrogens with one attached hydrogen (secondary N) is 1. The van der Waals surface area contributed by atoms with Gasteiger partial charge in [0.1, 0.15) is 17.0 Å². The van der Waals surface area contributed by atoms with E-state index >= 15 is 0 Å². The quantitative estimate of drug-likeness (QED) is 0.0892. The van der Waals surface area contributed by atoms with Crippen molar-refractivity contribution < 1.29 is 41.9 Å². The van der Waals surface area contributed by atoms with Gasteiger partial charge in [-0.1, -0.05) is 41.6 Å². The van der Waals surface area contributed by atoms with Crippen LogP contribution in [0.5, 0.6) is 5.75 Å². The summed E-state index contributed by atoms with van der Waals surface area (Å²) in [5.41, 5.74) is -0.726. The van der Waals surface area contributed by atoms with Gasteiger partial charge in [0.15, 0.2) is 0 Å². The van der Waals surface area contributed by atoms with Gasteiger partial charge in [0.05, 0.1) is 17.0 Å². The lowest BCUT2D eigenvalue weighted by atomic mass is 9.88. The molecule has 0 aliphatic carbocycles. The van der Waals surface area contributed by atoms with Crippen molar-refractivity contribution in [2.24, 2.45) is 0 Å². The highest BCUT2D eigenvalue weighted by Gasteiger charge is 2.37. The molecule has 0 aliphatic heterocycles. The van der Waals surface area contributed by atoms with Crippen molar-refractivity contribution in [3.05, 3.63) is 65.2 Å². The third-order valence-corrected chi connectivity index (χ3v) is 8.77. The van der Waals surface area contributed by atoms with Gasteiger partial charge in [0, 0.05) is 24.1 Å². The van der Waals surface area contributed by atoms with Crippen LogP contribution in [0.3, 0.4) is 0 Å². The molecule has 45 heavy (non-hydrogen) atoms. The number of hydrogen-bond donors (Lipinski definition) is 1. The van der Waals surface area contributed by atoms with Gasteiger partial charge >= 0.3 is 20.1 Å². The van der Waals surface area contributed by atoms with Gasteiger partial charge in [-0.15, -0.1) is 6.58 Å². The number of phosphoric ester groups is 1. The molecular weight excluding hydrogens is 641 g/mol. The van der Waals surface area contributed by atoms with E-state index in [1.807, 2.05) is 37.3 Å². The summed E-state index contributed by atoms with van der Waals surface area (Å²) in [6.45, 7) is 16.1. The van der Waals surface area contributed by atoms with Crippen molar-refractivity contribution in [3.8, 4) is 5.75 Å². The molecule has 2 aromatic rings. The molecule has 1 amide bonds. The highest BCUT2D eigenvalue weighted by molar-refractivity contribution is 7.99. The maximum absolute atomic E-state index is 12.9. The fraction of sp³-hybridized carbons (Fsp3) is 0.500. The van der Waals surface area contributed by atoms with Crippen molar-refractivity contribution in [2.75, 3.05) is 20.8 Å². The Morgan fingerprint density at radius 1 is 1.00 bits per heavy atom. The Kier molecular flexibility index (Phi) is 14.0. The minimum Gasteiger partial charge on any atom is -0.444 e. The SMILES string of the molecule is C=CC[C@](CCc1ccc(Sc2cc(C)ccc2OC(=O)OC(C)(C)C)cc1Cl)(COP(=O)(OC)OC)NC(=O)OC(C)(C)C. The summed E-state index contributed by atoms with van der Waals surface area (Å²) in [6, 6.07) is 11.1. The molecule has 2 rings (SSSR count). The van der Waals surface area contributed by atoms with Gasteiger partial charge in [-0.3, -0.25) is 13.6 Å². The van der Waals surface area contributed by atoms with E-state index in [0.29, 0.717) is 28.5 Å². The Bertz CT molecular complexity index is 1380. The summed E-state index contributed by atoms with van der Waals surface area (Å²) < 4.78 is 44.5. The first-order chi connectivity index (χ1) is 20.8. The average molecular weight is 686 g/mol. The number of benzene rings is 2. The predicted octanol–water partition coefficient (Wildman–Crippen LogP) is 9.30. The lowest BCUT2D eigenvalue weighted by molar-refractivity contribution is 0.0200. The zero-order valence-corrected chi connectivity index (χ0v) is 30.0. The fourth-order valence-corrected chi connectivity index (χ4v) is 6.12. The Hall–Kier alpha value is -2.53. The lowest BCUT2D eigenvalue weighted by Crippen LogP contribution is -2.53. The van der Waals surface area contributed by atoms with Gasteiger partial charge in [-0.25, -0.2) is 14.2 Å². The molecule has 0 saturated carbocycles. The minimum absolute atomic E-state index is 0.212. The van der Waals surface area contributed by atoms with E-state index in [9.17, 15) is 14.2 Å². The first-order valence-corrected chi connectivity index (χ1v) is 16.9. The maximum Gasteiger partial charge on any atom is 0.514 e. The predicted molar refractivity (Wildman–Crippen MR) is 176 cm³/mol. The average Bonchev–Trinajstić information content (AvgIpc) is 2.91. The molecule has 1 N–H and O–H groups in total. The van der Waals surface area contributed by atoms with E-state index in [0.717, 1.165) is 16.0 Å². The maximum atomic E-state index is 12.9. The van der Waals surface area contributed by atoms with Crippen LogP contribution in [0.4, 0.5) is 9.59 Å². The van der Waals surface area contributed by atoms with Crippen LogP contribution in [0, 0.1) is 6.92 Å². The van der Waals surface area contributed by atoms with E-state index in [1.54, 1.807) is 53.7 Å². The topological polar surface area (TPSA) is 119 Å². The van der Waals surface area contributed by atoms with Crippen LogP contribution < -0.4 is 10.1 Å². The van der Waals surface area contributed by atoms with Crippen LogP contribution in [0.2, 0.25) is 5.02 Å². The van der Waals surface area contributed by atoms with E-state index in [-0.39, 0.29) is 13.0 Å². The zero-order valence-electron chi connectivity index (χ0n) is 27.5. The Labute approximate surface area is 276 Å². The van der Waals surface area contributed by atoms with E-state index in [4.69, 9.17) is 39.4 Å². The van der Waals surface area contributed by atoms with E-state index < -0.39 is 36.8 Å². The highest BCUT2D eigenvalue weighted by Crippen LogP contribution is 2.48. The van der Waals surface area contributed by atoms with Crippen molar-refractivity contribution in [2.45, 2.75) is 94.3 Å². The van der Waals surface area contributed by atoms with Crippen molar-refractivity contribution in [1.29, 1.82) is 0 Å². The molecule has 0 radical (unpaired) electrons. The van der Waals surface area contributed by atoms with E-state index in [1.165, 1.54) is 26.0 Å². The summed E-state index contributed by atoms with van der Waals surface area (Å²) in [5.74, 6) is 0.367. The lowest BCUT2D eigenvalue weighted by Gasteiger charge is -2.35. The first kappa shape index (κ1) is 38.7. The molecule has 13 heteroatoms. The summed E-state index contributed by atoms with van der Waals surface area (Å²) in [4.78, 5) is 26.7. The summed E-state index contributed by atoms with van der Waals surface area (Å²) in [5, 5.41) is 3.39. The molecule has 10 nitrogen and oxygen atoms in total. The Morgan fingerprint density at radius 2 is 1.64 bits per heavy atom. The highest BCUT2D eigenvalue weighted by atomic mass is 35.5. The molecule has 0 fully saturated rings. The number of halogens is 1. The number of amides is 1. The van der Waals surface area contributed by atoms with Crippen LogP contribution in [0.1, 0.15) is 65.5 Å². The van der Waals surface area contributed by atoms with Crippen LogP contribution in [0.25, 0.3) is 0 Å². The van der Waals surface area contributed by atoms with Crippen molar-refractivity contribution >= 4 is 43.4 Å². The number of carbonyl (C=O) groups excluding carboxylic acids is 2. The van der Waals surface area contributed by atoms with Crippen LogP contribution in [0.15, 0.2) is 58.8 Å². The van der Waals surface area contributed by atoms with Crippen molar-refractivity contribution in [3.63, 3.8) is 0 Å². The number of ether oxygens (including phenoxy) is 3. The molecule has 250 valence electrons. The minimum atomic E-state index is -3.85. The van der Waals surface area contributed by atoms with E-state index in [2.05, 4.69) is 11.9 Å². The second kappa shape index (κ2) is 16.3. The molecule has 1 atom stereocenters. The molecule has 0 unspecified atom stereocenters. The molecule has 2 aromatic carbocycles. The fourth-order valence-electron chi connectivity index (χ4n) is 4.00.